The standard InChI is InChI=1S/C13H21NO3/c1-4-13(2,3)17-12(16)14-8-9-5-10(14)7-11(15)6-9/h9-10H,4-8H2,1-3H3. The zero-order chi connectivity index (χ0) is 12.6. The zero-order valence-electron chi connectivity index (χ0n) is 10.9. The average molecular weight is 239 g/mol. The van der Waals surface area contributed by atoms with Gasteiger partial charge in [0.2, 0.25) is 0 Å². The minimum Gasteiger partial charge on any atom is -0.443 e. The van der Waals surface area contributed by atoms with Crippen molar-refractivity contribution in [3.63, 3.8) is 0 Å². The molecule has 0 radical (unpaired) electrons. The maximum Gasteiger partial charge on any atom is 0.410 e. The smallest absolute Gasteiger partial charge is 0.410 e. The molecule has 1 amide bonds. The summed E-state index contributed by atoms with van der Waals surface area (Å²) in [5, 5.41) is 0. The third kappa shape index (κ3) is 2.61. The molecule has 1 saturated carbocycles. The van der Waals surface area contributed by atoms with Gasteiger partial charge in [0.05, 0.1) is 0 Å². The maximum atomic E-state index is 12.1. The van der Waals surface area contributed by atoms with E-state index in [1.54, 1.807) is 4.90 Å². The number of carbonyl (C=O) groups excluding carboxylic acids is 2. The summed E-state index contributed by atoms with van der Waals surface area (Å²) in [6.45, 7) is 6.52. The Kier molecular flexibility index (Phi) is 3.15. The number of hydrogen-bond acceptors (Lipinski definition) is 3. The monoisotopic (exact) mass is 239 g/mol. The van der Waals surface area contributed by atoms with Crippen LogP contribution in [0.5, 0.6) is 0 Å². The van der Waals surface area contributed by atoms with Gasteiger partial charge in [0.25, 0.3) is 0 Å². The molecule has 2 atom stereocenters. The van der Waals surface area contributed by atoms with E-state index in [1.165, 1.54) is 0 Å². The lowest BCUT2D eigenvalue weighted by molar-refractivity contribution is -0.121. The van der Waals surface area contributed by atoms with Crippen LogP contribution in [0.3, 0.4) is 0 Å². The van der Waals surface area contributed by atoms with Gasteiger partial charge in [0.15, 0.2) is 0 Å². The number of fused-ring (bicyclic) bond motifs is 2. The maximum absolute atomic E-state index is 12.1. The number of amides is 1. The molecule has 0 spiro atoms. The van der Waals surface area contributed by atoms with Crippen LogP contribution in [0.15, 0.2) is 0 Å². The van der Waals surface area contributed by atoms with Crippen LogP contribution in [-0.4, -0.2) is 35.0 Å². The molecule has 1 aliphatic heterocycles. The van der Waals surface area contributed by atoms with Crippen molar-refractivity contribution in [2.45, 2.75) is 58.1 Å². The number of hydrogen-bond donors (Lipinski definition) is 0. The second-order valence-corrected chi connectivity index (χ2v) is 5.84. The molecule has 4 nitrogen and oxygen atoms in total. The van der Waals surface area contributed by atoms with E-state index in [2.05, 4.69) is 0 Å². The molecule has 0 aromatic rings. The van der Waals surface area contributed by atoms with Crippen molar-refractivity contribution in [2.24, 2.45) is 5.92 Å². The molecule has 0 aromatic heterocycles. The van der Waals surface area contributed by atoms with Gasteiger partial charge in [0.1, 0.15) is 11.4 Å². The van der Waals surface area contributed by atoms with Crippen LogP contribution < -0.4 is 0 Å². The number of ketones is 1. The molecule has 96 valence electrons. The highest BCUT2D eigenvalue weighted by molar-refractivity contribution is 5.82. The molecular weight excluding hydrogens is 218 g/mol. The summed E-state index contributed by atoms with van der Waals surface area (Å²) in [5.41, 5.74) is -0.419. The van der Waals surface area contributed by atoms with Gasteiger partial charge in [-0.15, -0.1) is 0 Å². The molecule has 2 fully saturated rings. The third-order valence-electron chi connectivity index (χ3n) is 3.93. The molecule has 1 heterocycles. The molecule has 1 aliphatic carbocycles. The molecule has 4 heteroatoms. The Balaban J connectivity index is 1.99. The summed E-state index contributed by atoms with van der Waals surface area (Å²) in [7, 11) is 0. The summed E-state index contributed by atoms with van der Waals surface area (Å²) in [6.07, 6.45) is 2.65. The van der Waals surface area contributed by atoms with Crippen LogP contribution in [0.25, 0.3) is 0 Å². The topological polar surface area (TPSA) is 46.6 Å². The van der Waals surface area contributed by atoms with E-state index < -0.39 is 5.60 Å². The molecular formula is C13H21NO3. The van der Waals surface area contributed by atoms with Crippen molar-refractivity contribution in [2.75, 3.05) is 6.54 Å². The van der Waals surface area contributed by atoms with Crippen LogP contribution in [0, 0.1) is 5.92 Å². The largest absolute Gasteiger partial charge is 0.443 e. The summed E-state index contributed by atoms with van der Waals surface area (Å²) >= 11 is 0. The van der Waals surface area contributed by atoms with Gasteiger partial charge in [0, 0.05) is 25.4 Å². The van der Waals surface area contributed by atoms with Crippen molar-refractivity contribution in [3.05, 3.63) is 0 Å². The van der Waals surface area contributed by atoms with E-state index in [9.17, 15) is 9.59 Å². The van der Waals surface area contributed by atoms with Crippen LogP contribution >= 0.6 is 0 Å². The highest BCUT2D eigenvalue weighted by Crippen LogP contribution is 2.34. The average Bonchev–Trinajstić information content (AvgIpc) is 2.53. The fourth-order valence-corrected chi connectivity index (χ4v) is 2.61. The van der Waals surface area contributed by atoms with Gasteiger partial charge in [-0.2, -0.15) is 0 Å². The molecule has 0 N–H and O–H groups in total. The Labute approximate surface area is 102 Å². The Hall–Kier alpha value is -1.06. The molecule has 1 saturated heterocycles. The lowest BCUT2D eigenvalue weighted by Gasteiger charge is -2.29. The fourth-order valence-electron chi connectivity index (χ4n) is 2.61. The summed E-state index contributed by atoms with van der Waals surface area (Å²) < 4.78 is 5.49. The number of ether oxygens (including phenoxy) is 1. The first-order chi connectivity index (χ1) is 7.91. The molecule has 2 unspecified atom stereocenters. The normalized spacial score (nSPS) is 28.4. The number of nitrogens with zero attached hydrogens (tertiary/aromatic N) is 1. The molecule has 17 heavy (non-hydrogen) atoms. The van der Waals surface area contributed by atoms with E-state index in [-0.39, 0.29) is 17.9 Å². The van der Waals surface area contributed by atoms with Gasteiger partial charge in [-0.25, -0.2) is 4.79 Å². The van der Waals surface area contributed by atoms with E-state index in [1.807, 2.05) is 20.8 Å². The zero-order valence-corrected chi connectivity index (χ0v) is 10.9. The fraction of sp³-hybridized carbons (Fsp3) is 0.846. The summed E-state index contributed by atoms with van der Waals surface area (Å²) in [6, 6.07) is 0.0846. The highest BCUT2D eigenvalue weighted by atomic mass is 16.6. The van der Waals surface area contributed by atoms with Gasteiger partial charge < -0.3 is 9.64 Å². The number of likely N-dealkylation sites (tertiary alicyclic amines) is 1. The van der Waals surface area contributed by atoms with E-state index in [4.69, 9.17) is 4.74 Å². The lowest BCUT2D eigenvalue weighted by Crippen LogP contribution is -2.40. The Morgan fingerprint density at radius 1 is 1.47 bits per heavy atom. The third-order valence-corrected chi connectivity index (χ3v) is 3.93. The van der Waals surface area contributed by atoms with E-state index in [0.29, 0.717) is 25.3 Å². The first-order valence-corrected chi connectivity index (χ1v) is 6.42. The molecule has 2 rings (SSSR count). The SMILES string of the molecule is CCC(C)(C)OC(=O)N1CC2CC(=O)CC1C2. The number of rotatable bonds is 2. The Morgan fingerprint density at radius 2 is 2.18 bits per heavy atom. The number of carbonyl (C=O) groups is 2. The second kappa shape index (κ2) is 4.31. The quantitative estimate of drug-likeness (QED) is 0.743. The lowest BCUT2D eigenvalue weighted by atomic mass is 9.89. The van der Waals surface area contributed by atoms with Gasteiger partial charge in [-0.05, 0) is 32.6 Å². The Morgan fingerprint density at radius 3 is 2.82 bits per heavy atom. The van der Waals surface area contributed by atoms with Gasteiger partial charge in [-0.1, -0.05) is 6.92 Å². The van der Waals surface area contributed by atoms with Crippen LogP contribution in [0.2, 0.25) is 0 Å². The van der Waals surface area contributed by atoms with Crippen molar-refractivity contribution in [1.82, 2.24) is 4.90 Å². The van der Waals surface area contributed by atoms with E-state index in [0.717, 1.165) is 12.8 Å². The molecule has 2 bridgehead atoms. The second-order valence-electron chi connectivity index (χ2n) is 5.84. The molecule has 2 aliphatic rings. The van der Waals surface area contributed by atoms with Gasteiger partial charge in [-0.3, -0.25) is 4.79 Å². The highest BCUT2D eigenvalue weighted by Gasteiger charge is 2.42. The van der Waals surface area contributed by atoms with Crippen molar-refractivity contribution in [1.29, 1.82) is 0 Å². The minimum atomic E-state index is -0.419. The Bertz CT molecular complexity index is 338. The van der Waals surface area contributed by atoms with Crippen molar-refractivity contribution >= 4 is 11.9 Å². The summed E-state index contributed by atoms with van der Waals surface area (Å²) in [5.74, 6) is 0.648. The minimum absolute atomic E-state index is 0.0846. The predicted octanol–water partition coefficient (Wildman–Crippen LogP) is 2.37. The first kappa shape index (κ1) is 12.4. The molecule has 0 aromatic carbocycles. The predicted molar refractivity (Wildman–Crippen MR) is 63.7 cm³/mol. The first-order valence-electron chi connectivity index (χ1n) is 6.42. The number of Topliss-reactive ketones (excluding diaryl/α,β-unsaturated/α-hetero) is 1. The van der Waals surface area contributed by atoms with Crippen LogP contribution in [0.4, 0.5) is 4.79 Å². The van der Waals surface area contributed by atoms with E-state index >= 15 is 0 Å². The van der Waals surface area contributed by atoms with Crippen LogP contribution in [-0.2, 0) is 9.53 Å². The van der Waals surface area contributed by atoms with Crippen molar-refractivity contribution < 1.29 is 14.3 Å². The van der Waals surface area contributed by atoms with Gasteiger partial charge >= 0.3 is 6.09 Å². The summed E-state index contributed by atoms with van der Waals surface area (Å²) in [4.78, 5) is 25.3. The van der Waals surface area contributed by atoms with Crippen molar-refractivity contribution in [3.8, 4) is 0 Å². The van der Waals surface area contributed by atoms with Crippen LogP contribution in [0.1, 0.15) is 46.5 Å².